The van der Waals surface area contributed by atoms with Crippen molar-refractivity contribution in [1.82, 2.24) is 5.32 Å². The van der Waals surface area contributed by atoms with Crippen LogP contribution < -0.4 is 10.9 Å². The summed E-state index contributed by atoms with van der Waals surface area (Å²) < 4.78 is 5.36. The van der Waals surface area contributed by atoms with Gasteiger partial charge in [-0.25, -0.2) is 4.79 Å². The van der Waals surface area contributed by atoms with Gasteiger partial charge in [0.2, 0.25) is 5.91 Å². The molecule has 0 bridgehead atoms. The molecule has 2 aromatic rings. The molecule has 0 saturated heterocycles. The fraction of sp³-hybridized carbons (Fsp3) is 0.389. The zero-order valence-corrected chi connectivity index (χ0v) is 16.1. The fourth-order valence-corrected chi connectivity index (χ4v) is 4.39. The van der Waals surface area contributed by atoms with E-state index in [4.69, 9.17) is 4.42 Å². The van der Waals surface area contributed by atoms with Gasteiger partial charge in [0.1, 0.15) is 5.58 Å². The molecule has 0 aliphatic rings. The minimum Gasteiger partial charge on any atom is -0.422 e. The van der Waals surface area contributed by atoms with Crippen molar-refractivity contribution in [3.8, 4) is 0 Å². The van der Waals surface area contributed by atoms with Gasteiger partial charge in [0.15, 0.2) is 0 Å². The van der Waals surface area contributed by atoms with Gasteiger partial charge in [-0.15, -0.1) is 0 Å². The molecule has 1 N–H and O–H groups in total. The number of carbonyl (C=O) groups is 1. The lowest BCUT2D eigenvalue weighted by Crippen LogP contribution is -2.29. The second-order valence-corrected chi connectivity index (χ2v) is 8.20. The van der Waals surface area contributed by atoms with Crippen molar-refractivity contribution >= 4 is 50.9 Å². The SMILES string of the molecule is C=Nc1ccc2c(C)c(CC(=O)NCCSSCCC)c(=O)oc2c1. The molecule has 0 spiro atoms. The number of aliphatic imine (C=N–C) groups is 1. The molecule has 0 radical (unpaired) electrons. The van der Waals surface area contributed by atoms with E-state index in [9.17, 15) is 9.59 Å². The smallest absolute Gasteiger partial charge is 0.340 e. The minimum atomic E-state index is -0.478. The first-order valence-electron chi connectivity index (χ1n) is 8.11. The number of amides is 1. The summed E-state index contributed by atoms with van der Waals surface area (Å²) in [6.45, 7) is 8.03. The number of hydrogen-bond donors (Lipinski definition) is 1. The van der Waals surface area contributed by atoms with Gasteiger partial charge in [-0.3, -0.25) is 9.79 Å². The molecular formula is C18H22N2O3S2. The summed E-state index contributed by atoms with van der Waals surface area (Å²) in [5.41, 5.74) is 1.79. The highest BCUT2D eigenvalue weighted by Crippen LogP contribution is 2.24. The number of rotatable bonds is 9. The van der Waals surface area contributed by atoms with Crippen LogP contribution in [0.5, 0.6) is 0 Å². The largest absolute Gasteiger partial charge is 0.422 e. The maximum Gasteiger partial charge on any atom is 0.340 e. The van der Waals surface area contributed by atoms with Crippen LogP contribution in [0.3, 0.4) is 0 Å². The number of nitrogens with zero attached hydrogens (tertiary/aromatic N) is 1. The van der Waals surface area contributed by atoms with Gasteiger partial charge in [0, 0.05) is 29.5 Å². The van der Waals surface area contributed by atoms with Gasteiger partial charge in [-0.05, 0) is 37.8 Å². The summed E-state index contributed by atoms with van der Waals surface area (Å²) in [5.74, 6) is 1.79. The first-order valence-corrected chi connectivity index (χ1v) is 10.6. The molecule has 134 valence electrons. The molecule has 0 aliphatic carbocycles. The topological polar surface area (TPSA) is 71.7 Å². The predicted octanol–water partition coefficient (Wildman–Crippen LogP) is 3.88. The highest BCUT2D eigenvalue weighted by Gasteiger charge is 2.15. The van der Waals surface area contributed by atoms with Crippen molar-refractivity contribution in [2.45, 2.75) is 26.7 Å². The molecule has 1 aromatic heterocycles. The van der Waals surface area contributed by atoms with E-state index in [1.807, 2.05) is 13.0 Å². The number of carbonyl (C=O) groups excluding carboxylic acids is 1. The monoisotopic (exact) mass is 378 g/mol. The highest BCUT2D eigenvalue weighted by molar-refractivity contribution is 8.76. The van der Waals surface area contributed by atoms with Crippen LogP contribution >= 0.6 is 21.6 Å². The lowest BCUT2D eigenvalue weighted by atomic mass is 10.0. The fourth-order valence-electron chi connectivity index (χ4n) is 2.34. The van der Waals surface area contributed by atoms with Gasteiger partial charge in [-0.1, -0.05) is 28.5 Å². The summed E-state index contributed by atoms with van der Waals surface area (Å²) in [6.07, 6.45) is 1.17. The first kappa shape index (κ1) is 19.6. The molecule has 1 aromatic carbocycles. The standard InChI is InChI=1S/C18H22N2O3S2/c1-4-8-24-25-9-7-20-17(21)11-15-12(2)14-6-5-13(19-3)10-16(14)23-18(15)22/h5-6,10H,3-4,7-9,11H2,1-2H3,(H,20,21). The molecule has 2 rings (SSSR count). The van der Waals surface area contributed by atoms with Gasteiger partial charge in [-0.2, -0.15) is 0 Å². The summed E-state index contributed by atoms with van der Waals surface area (Å²) >= 11 is 0. The molecule has 1 heterocycles. The lowest BCUT2D eigenvalue weighted by Gasteiger charge is -2.09. The number of nitrogens with one attached hydrogen (secondary N) is 1. The maximum atomic E-state index is 12.2. The van der Waals surface area contributed by atoms with Crippen LogP contribution in [-0.2, 0) is 11.2 Å². The Morgan fingerprint density at radius 2 is 2.08 bits per heavy atom. The van der Waals surface area contributed by atoms with Crippen molar-refractivity contribution in [2.75, 3.05) is 18.1 Å². The van der Waals surface area contributed by atoms with E-state index in [1.54, 1.807) is 33.7 Å². The van der Waals surface area contributed by atoms with Crippen LogP contribution in [-0.4, -0.2) is 30.7 Å². The Balaban J connectivity index is 2.04. The zero-order chi connectivity index (χ0) is 18.2. The Hall–Kier alpha value is -1.73. The average Bonchev–Trinajstić information content (AvgIpc) is 2.61. The van der Waals surface area contributed by atoms with Crippen LogP contribution in [0.1, 0.15) is 24.5 Å². The third-order valence-electron chi connectivity index (χ3n) is 3.67. The van der Waals surface area contributed by atoms with Gasteiger partial charge < -0.3 is 9.73 Å². The number of fused-ring (bicyclic) bond motifs is 1. The third-order valence-corrected chi connectivity index (χ3v) is 6.28. The van der Waals surface area contributed by atoms with Crippen molar-refractivity contribution in [1.29, 1.82) is 0 Å². The van der Waals surface area contributed by atoms with Gasteiger partial charge >= 0.3 is 5.63 Å². The second-order valence-electron chi connectivity index (χ2n) is 5.50. The van der Waals surface area contributed by atoms with Crippen molar-refractivity contribution in [2.24, 2.45) is 4.99 Å². The van der Waals surface area contributed by atoms with Crippen LogP contribution in [0.15, 0.2) is 32.4 Å². The molecule has 0 atom stereocenters. The van der Waals surface area contributed by atoms with Crippen molar-refractivity contribution in [3.63, 3.8) is 0 Å². The van der Waals surface area contributed by atoms with E-state index in [-0.39, 0.29) is 12.3 Å². The number of benzene rings is 1. The van der Waals surface area contributed by atoms with E-state index in [0.717, 1.165) is 28.9 Å². The number of aryl methyl sites for hydroxylation is 1. The van der Waals surface area contributed by atoms with E-state index < -0.39 is 5.63 Å². The normalized spacial score (nSPS) is 10.8. The zero-order valence-electron chi connectivity index (χ0n) is 14.5. The Bertz CT molecular complexity index is 818. The summed E-state index contributed by atoms with van der Waals surface area (Å²) in [7, 11) is 3.55. The summed E-state index contributed by atoms with van der Waals surface area (Å²) in [4.78, 5) is 28.2. The van der Waals surface area contributed by atoms with Gasteiger partial charge in [0.25, 0.3) is 0 Å². The van der Waals surface area contributed by atoms with Crippen LogP contribution in [0.25, 0.3) is 11.0 Å². The average molecular weight is 379 g/mol. The molecular weight excluding hydrogens is 356 g/mol. The van der Waals surface area contributed by atoms with Gasteiger partial charge in [0.05, 0.1) is 17.7 Å². The lowest BCUT2D eigenvalue weighted by molar-refractivity contribution is -0.120. The second kappa shape index (κ2) is 9.68. The Morgan fingerprint density at radius 1 is 1.32 bits per heavy atom. The molecule has 0 fully saturated rings. The summed E-state index contributed by atoms with van der Waals surface area (Å²) in [6, 6.07) is 5.31. The van der Waals surface area contributed by atoms with Crippen LogP contribution in [0.4, 0.5) is 5.69 Å². The van der Waals surface area contributed by atoms with Crippen LogP contribution in [0.2, 0.25) is 0 Å². The molecule has 7 heteroatoms. The molecule has 0 aliphatic heterocycles. The van der Waals surface area contributed by atoms with Crippen molar-refractivity contribution in [3.05, 3.63) is 39.7 Å². The van der Waals surface area contributed by atoms with E-state index in [2.05, 4.69) is 24.0 Å². The Morgan fingerprint density at radius 3 is 2.80 bits per heavy atom. The van der Waals surface area contributed by atoms with E-state index in [0.29, 0.717) is 23.4 Å². The Kier molecular flexibility index (Phi) is 7.58. The molecule has 5 nitrogen and oxygen atoms in total. The number of hydrogen-bond acceptors (Lipinski definition) is 6. The molecule has 0 unspecified atom stereocenters. The molecule has 25 heavy (non-hydrogen) atoms. The van der Waals surface area contributed by atoms with E-state index >= 15 is 0 Å². The minimum absolute atomic E-state index is 0.0261. The molecule has 0 saturated carbocycles. The highest BCUT2D eigenvalue weighted by atomic mass is 33.1. The van der Waals surface area contributed by atoms with E-state index in [1.165, 1.54) is 0 Å². The first-order chi connectivity index (χ1) is 12.1. The molecule has 1 amide bonds. The Labute approximate surface area is 155 Å². The maximum absolute atomic E-state index is 12.2. The van der Waals surface area contributed by atoms with Crippen molar-refractivity contribution < 1.29 is 9.21 Å². The quantitative estimate of drug-likeness (QED) is 0.310. The third kappa shape index (κ3) is 5.37. The predicted molar refractivity (Wildman–Crippen MR) is 108 cm³/mol. The summed E-state index contributed by atoms with van der Waals surface area (Å²) in [5, 5.41) is 3.66. The van der Waals surface area contributed by atoms with Crippen LogP contribution in [0, 0.1) is 6.92 Å².